The van der Waals surface area contributed by atoms with Crippen molar-refractivity contribution in [3.05, 3.63) is 59.2 Å². The lowest BCUT2D eigenvalue weighted by atomic mass is 9.51. The number of phenols is 1. The number of anilines is 1. The number of nitrogens with zero attached hydrogens (tertiary/aromatic N) is 1. The van der Waals surface area contributed by atoms with Crippen molar-refractivity contribution in [1.29, 1.82) is 0 Å². The van der Waals surface area contributed by atoms with Gasteiger partial charge in [0, 0.05) is 37.2 Å². The van der Waals surface area contributed by atoms with E-state index in [1.54, 1.807) is 30.3 Å². The number of fused-ring (bicyclic) bond motifs is 5. The second kappa shape index (κ2) is 14.0. The fourth-order valence-corrected chi connectivity index (χ4v) is 8.87. The number of hydrogen-bond donors (Lipinski definition) is 3. The average Bonchev–Trinajstić information content (AvgIpc) is 3.28. The summed E-state index contributed by atoms with van der Waals surface area (Å²) in [5, 5.41) is 23.9. The molecule has 0 spiro atoms. The molecule has 44 heavy (non-hydrogen) atoms. The summed E-state index contributed by atoms with van der Waals surface area (Å²) in [6.45, 7) is 7.14. The smallest absolute Gasteiger partial charge is 0.253 e. The quantitative estimate of drug-likeness (QED) is 0.217. The van der Waals surface area contributed by atoms with Crippen LogP contribution in [0.1, 0.15) is 112 Å². The number of alkyl halides is 1. The molecule has 2 amide bonds. The topological polar surface area (TPSA) is 89.9 Å². The summed E-state index contributed by atoms with van der Waals surface area (Å²) < 4.78 is 16.1. The second-order valence-electron chi connectivity index (χ2n) is 14.0. The van der Waals surface area contributed by atoms with Gasteiger partial charge < -0.3 is 20.4 Å². The van der Waals surface area contributed by atoms with E-state index < -0.39 is 12.3 Å². The number of unbranched alkanes of at least 4 members (excludes halogenated alkanes) is 4. The van der Waals surface area contributed by atoms with Crippen molar-refractivity contribution in [2.24, 2.45) is 23.2 Å². The molecule has 2 fully saturated rings. The lowest BCUT2D eigenvalue weighted by Crippen LogP contribution is -2.51. The summed E-state index contributed by atoms with van der Waals surface area (Å²) in [6, 6.07) is 12.6. The Labute approximate surface area is 262 Å². The fourth-order valence-electron chi connectivity index (χ4n) is 8.87. The summed E-state index contributed by atoms with van der Waals surface area (Å²) in [6.07, 6.45) is 8.54. The SMILES string of the molecule is CCCCCCN(CCCC[C@@H]1Cc2cc(O)ccc2[C@@H]2[C@@H]1[C@@H]1CC[C@H](O)[C@@]1(C)C[C@@H]2F)C(=O)c1ccc(NC(C)=O)cc1. The predicted molar refractivity (Wildman–Crippen MR) is 173 cm³/mol. The largest absolute Gasteiger partial charge is 0.508 e. The van der Waals surface area contributed by atoms with Crippen LogP contribution in [0.25, 0.3) is 0 Å². The van der Waals surface area contributed by atoms with Crippen LogP contribution in [-0.4, -0.2) is 52.3 Å². The van der Waals surface area contributed by atoms with Gasteiger partial charge in [0.1, 0.15) is 11.9 Å². The van der Waals surface area contributed by atoms with Crippen molar-refractivity contribution in [2.45, 2.75) is 110 Å². The summed E-state index contributed by atoms with van der Waals surface area (Å²) in [7, 11) is 0. The van der Waals surface area contributed by atoms with Crippen LogP contribution in [0.15, 0.2) is 42.5 Å². The van der Waals surface area contributed by atoms with Crippen LogP contribution in [0.2, 0.25) is 0 Å². The van der Waals surface area contributed by atoms with E-state index in [1.807, 2.05) is 17.0 Å². The molecule has 2 aromatic rings. The van der Waals surface area contributed by atoms with Crippen LogP contribution in [0.3, 0.4) is 0 Å². The Kier molecular flexibility index (Phi) is 10.3. The Morgan fingerprint density at radius 1 is 1.02 bits per heavy atom. The molecule has 5 rings (SSSR count). The van der Waals surface area contributed by atoms with Crippen LogP contribution < -0.4 is 5.32 Å². The van der Waals surface area contributed by atoms with Crippen LogP contribution in [0, 0.1) is 23.2 Å². The number of amides is 2. The highest BCUT2D eigenvalue weighted by Crippen LogP contribution is 2.63. The van der Waals surface area contributed by atoms with Crippen LogP contribution in [0.4, 0.5) is 10.1 Å². The molecule has 3 aliphatic carbocycles. The Morgan fingerprint density at radius 2 is 1.75 bits per heavy atom. The molecule has 7 atom stereocenters. The number of halogens is 1. The average molecular weight is 607 g/mol. The number of hydrogen-bond acceptors (Lipinski definition) is 4. The monoisotopic (exact) mass is 606 g/mol. The van der Waals surface area contributed by atoms with Gasteiger partial charge in [-0.05, 0) is 116 Å². The van der Waals surface area contributed by atoms with E-state index in [-0.39, 0.29) is 40.7 Å². The maximum absolute atomic E-state index is 16.1. The normalized spacial score (nSPS) is 28.9. The number of phenolic OH excluding ortho intramolecular Hbond substituents is 1. The van der Waals surface area contributed by atoms with Crippen LogP contribution in [0.5, 0.6) is 5.75 Å². The molecule has 0 aromatic heterocycles. The van der Waals surface area contributed by atoms with Crippen LogP contribution in [-0.2, 0) is 11.2 Å². The van der Waals surface area contributed by atoms with Crippen molar-refractivity contribution < 1.29 is 24.2 Å². The van der Waals surface area contributed by atoms with E-state index in [0.29, 0.717) is 30.1 Å². The van der Waals surface area contributed by atoms with Gasteiger partial charge >= 0.3 is 0 Å². The molecule has 2 aromatic carbocycles. The van der Waals surface area contributed by atoms with Crippen molar-refractivity contribution in [1.82, 2.24) is 4.90 Å². The zero-order valence-corrected chi connectivity index (χ0v) is 26.7. The van der Waals surface area contributed by atoms with Crippen molar-refractivity contribution in [3.8, 4) is 5.75 Å². The van der Waals surface area contributed by atoms with Gasteiger partial charge in [-0.15, -0.1) is 0 Å². The molecular formula is C37H51FN2O4. The maximum Gasteiger partial charge on any atom is 0.253 e. The van der Waals surface area contributed by atoms with E-state index in [0.717, 1.165) is 81.9 Å². The zero-order chi connectivity index (χ0) is 31.4. The van der Waals surface area contributed by atoms with Gasteiger partial charge in [0.15, 0.2) is 0 Å². The van der Waals surface area contributed by atoms with Crippen molar-refractivity contribution in [3.63, 3.8) is 0 Å². The van der Waals surface area contributed by atoms with Crippen molar-refractivity contribution in [2.75, 3.05) is 18.4 Å². The first-order valence-electron chi connectivity index (χ1n) is 16.9. The molecule has 7 heteroatoms. The zero-order valence-electron chi connectivity index (χ0n) is 26.7. The molecule has 0 saturated heterocycles. The third-order valence-electron chi connectivity index (χ3n) is 11.0. The van der Waals surface area contributed by atoms with E-state index in [1.165, 1.54) is 6.92 Å². The number of aromatic hydroxyl groups is 1. The third kappa shape index (κ3) is 6.83. The molecule has 3 N–H and O–H groups in total. The Hall–Kier alpha value is -2.93. The lowest BCUT2D eigenvalue weighted by Gasteiger charge is -2.54. The van der Waals surface area contributed by atoms with Gasteiger partial charge in [-0.1, -0.05) is 45.6 Å². The Balaban J connectivity index is 1.28. The van der Waals surface area contributed by atoms with E-state index >= 15 is 4.39 Å². The lowest BCUT2D eigenvalue weighted by molar-refractivity contribution is -0.114. The minimum atomic E-state index is -1.01. The molecule has 0 radical (unpaired) electrons. The summed E-state index contributed by atoms with van der Waals surface area (Å²) in [5.74, 6) is 0.653. The minimum absolute atomic E-state index is 0.0151. The highest BCUT2D eigenvalue weighted by atomic mass is 19.1. The highest BCUT2D eigenvalue weighted by molar-refractivity contribution is 5.95. The number of aliphatic hydroxyl groups excluding tert-OH is 1. The molecule has 0 bridgehead atoms. The highest BCUT2D eigenvalue weighted by Gasteiger charge is 2.59. The van der Waals surface area contributed by atoms with E-state index in [9.17, 15) is 19.8 Å². The molecule has 0 heterocycles. The van der Waals surface area contributed by atoms with Gasteiger partial charge in [0.05, 0.1) is 6.10 Å². The van der Waals surface area contributed by atoms with E-state index in [4.69, 9.17) is 0 Å². The maximum atomic E-state index is 16.1. The molecule has 6 nitrogen and oxygen atoms in total. The first-order valence-corrected chi connectivity index (χ1v) is 16.9. The first-order chi connectivity index (χ1) is 21.1. The van der Waals surface area contributed by atoms with Crippen LogP contribution >= 0.6 is 0 Å². The molecular weight excluding hydrogens is 555 g/mol. The van der Waals surface area contributed by atoms with Gasteiger partial charge in [0.2, 0.25) is 5.91 Å². The van der Waals surface area contributed by atoms with Gasteiger partial charge in [-0.2, -0.15) is 0 Å². The number of carbonyl (C=O) groups is 2. The minimum Gasteiger partial charge on any atom is -0.508 e. The molecule has 0 aliphatic heterocycles. The number of aliphatic hydroxyl groups is 1. The molecule has 2 saturated carbocycles. The Morgan fingerprint density at radius 3 is 2.45 bits per heavy atom. The molecule has 0 unspecified atom stereocenters. The number of nitrogens with one attached hydrogen (secondary N) is 1. The number of carbonyl (C=O) groups excluding carboxylic acids is 2. The standard InChI is InChI=1S/C37H51FN2O4/c1-4-5-6-8-19-40(36(44)25-11-13-28(14-12-25)39-24(2)41)20-9-7-10-26-21-27-22-29(42)15-16-30(27)35-32(38)23-37(3)31(34(26)35)17-18-33(37)43/h11-16,22,26,31-35,42-43H,4-10,17-21,23H2,1-3H3,(H,39,41)/t26-,31+,32+,33+,34+,35+,37+/m1/s1. The fraction of sp³-hybridized carbons (Fsp3) is 0.622. The van der Waals surface area contributed by atoms with Gasteiger partial charge in [-0.3, -0.25) is 9.59 Å². The van der Waals surface area contributed by atoms with Gasteiger partial charge in [0.25, 0.3) is 5.91 Å². The summed E-state index contributed by atoms with van der Waals surface area (Å²) in [4.78, 5) is 26.9. The number of rotatable bonds is 12. The molecule has 3 aliphatic rings. The first kappa shape index (κ1) is 32.5. The summed E-state index contributed by atoms with van der Waals surface area (Å²) >= 11 is 0. The molecule has 240 valence electrons. The third-order valence-corrected chi connectivity index (χ3v) is 11.0. The summed E-state index contributed by atoms with van der Waals surface area (Å²) in [5.41, 5.74) is 3.03. The van der Waals surface area contributed by atoms with Gasteiger partial charge in [-0.25, -0.2) is 4.39 Å². The predicted octanol–water partition coefficient (Wildman–Crippen LogP) is 7.63. The Bertz CT molecular complexity index is 1300. The van der Waals surface area contributed by atoms with Crippen molar-refractivity contribution >= 4 is 17.5 Å². The van der Waals surface area contributed by atoms with E-state index in [2.05, 4.69) is 19.2 Å². The number of benzene rings is 2. The second-order valence-corrected chi connectivity index (χ2v) is 14.0.